The third-order valence-electron chi connectivity index (χ3n) is 5.60. The highest BCUT2D eigenvalue weighted by Crippen LogP contribution is 2.31. The molecule has 198 valence electrons. The summed E-state index contributed by atoms with van der Waals surface area (Å²) in [5.74, 6) is -0.371. The standard InChI is InChI=1S/C26H26N4O5S3/c1-35-26(32)29-21(15-17-6-3-2-4-7-17)24(31)27-20(14-18-9-11-19(12-10-18)30-38(33)34)22-16-37-25(28-22)23-8-5-13-36-23/h2-13,16,20-21,30H,14-15H2,1H3,(H,27,31)(H,29,32)(H,33,34)/t20-,21+/m0/s1. The number of thiophene rings is 1. The normalized spacial score (nSPS) is 13.2. The monoisotopic (exact) mass is 570 g/mol. The molecule has 38 heavy (non-hydrogen) atoms. The largest absolute Gasteiger partial charge is 0.453 e. The van der Waals surface area contributed by atoms with Crippen LogP contribution in [0.2, 0.25) is 0 Å². The van der Waals surface area contributed by atoms with Crippen molar-refractivity contribution in [3.05, 3.63) is 94.3 Å². The molecule has 12 heteroatoms. The second-order valence-corrected chi connectivity index (χ2v) is 10.8. The number of ether oxygens (including phenoxy) is 1. The van der Waals surface area contributed by atoms with Gasteiger partial charge in [0.25, 0.3) is 11.3 Å². The summed E-state index contributed by atoms with van der Waals surface area (Å²) in [7, 11) is 1.25. The van der Waals surface area contributed by atoms with Crippen LogP contribution in [0.25, 0.3) is 9.88 Å². The lowest BCUT2D eigenvalue weighted by Crippen LogP contribution is -2.49. The number of carbonyl (C=O) groups excluding carboxylic acids is 2. The van der Waals surface area contributed by atoms with Crippen LogP contribution in [0.3, 0.4) is 0 Å². The number of hydrogen-bond donors (Lipinski definition) is 4. The number of benzene rings is 2. The first-order chi connectivity index (χ1) is 18.4. The van der Waals surface area contributed by atoms with Crippen LogP contribution in [-0.2, 0) is 33.6 Å². The maximum atomic E-state index is 13.5. The van der Waals surface area contributed by atoms with Crippen LogP contribution in [0.5, 0.6) is 0 Å². The molecule has 0 aliphatic carbocycles. The van der Waals surface area contributed by atoms with Gasteiger partial charge in [-0.2, -0.15) is 0 Å². The number of nitrogens with one attached hydrogen (secondary N) is 3. The number of amides is 2. The number of hydrogen-bond acceptors (Lipinski definition) is 7. The first kappa shape index (κ1) is 27.5. The zero-order chi connectivity index (χ0) is 26.9. The van der Waals surface area contributed by atoms with E-state index >= 15 is 0 Å². The Morgan fingerprint density at radius 3 is 2.37 bits per heavy atom. The van der Waals surface area contributed by atoms with Crippen LogP contribution in [0.4, 0.5) is 10.5 Å². The lowest BCUT2D eigenvalue weighted by Gasteiger charge is -2.23. The van der Waals surface area contributed by atoms with Crippen molar-refractivity contribution < 1.29 is 23.1 Å². The van der Waals surface area contributed by atoms with Crippen molar-refractivity contribution in [2.45, 2.75) is 24.9 Å². The molecule has 4 aromatic rings. The topological polar surface area (TPSA) is 130 Å². The molecular weight excluding hydrogens is 545 g/mol. The van der Waals surface area contributed by atoms with Gasteiger partial charge in [0.1, 0.15) is 11.0 Å². The molecule has 0 radical (unpaired) electrons. The molecule has 0 bridgehead atoms. The molecular formula is C26H26N4O5S3. The Morgan fingerprint density at radius 1 is 0.974 bits per heavy atom. The van der Waals surface area contributed by atoms with Crippen LogP contribution in [0.15, 0.2) is 77.5 Å². The summed E-state index contributed by atoms with van der Waals surface area (Å²) in [6.07, 6.45) is -0.00127. The average molecular weight is 571 g/mol. The van der Waals surface area contributed by atoms with E-state index in [1.54, 1.807) is 23.5 Å². The second kappa shape index (κ2) is 13.3. The Morgan fingerprint density at radius 2 is 1.71 bits per heavy atom. The van der Waals surface area contributed by atoms with Gasteiger partial charge in [-0.15, -0.1) is 22.7 Å². The minimum absolute atomic E-state index is 0.282. The SMILES string of the molecule is COC(=O)N[C@H](Cc1ccccc1)C(=O)N[C@@H](Cc1ccc(NS(=O)O)cc1)c1csc(-c2cccs2)n1. The van der Waals surface area contributed by atoms with Gasteiger partial charge in [0.2, 0.25) is 5.91 Å². The van der Waals surface area contributed by atoms with E-state index in [1.165, 1.54) is 18.4 Å². The summed E-state index contributed by atoms with van der Waals surface area (Å²) >= 11 is 0.911. The lowest BCUT2D eigenvalue weighted by molar-refractivity contribution is -0.123. The summed E-state index contributed by atoms with van der Waals surface area (Å²) in [5.41, 5.74) is 2.96. The van der Waals surface area contributed by atoms with Crippen molar-refractivity contribution in [2.75, 3.05) is 11.8 Å². The molecule has 0 saturated carbocycles. The van der Waals surface area contributed by atoms with Crippen LogP contribution < -0.4 is 15.4 Å². The second-order valence-electron chi connectivity index (χ2n) is 8.25. The number of anilines is 1. The molecule has 4 N–H and O–H groups in total. The summed E-state index contributed by atoms with van der Waals surface area (Å²) in [4.78, 5) is 31.4. The molecule has 0 aliphatic heterocycles. The first-order valence-electron chi connectivity index (χ1n) is 11.6. The highest BCUT2D eigenvalue weighted by atomic mass is 32.2. The Bertz CT molecular complexity index is 1360. The quantitative estimate of drug-likeness (QED) is 0.192. The van der Waals surface area contributed by atoms with Gasteiger partial charge in [0.15, 0.2) is 0 Å². The van der Waals surface area contributed by atoms with Gasteiger partial charge in [-0.1, -0.05) is 48.5 Å². The van der Waals surface area contributed by atoms with Gasteiger partial charge in [-0.3, -0.25) is 14.1 Å². The number of nitrogens with zero attached hydrogens (tertiary/aromatic N) is 1. The minimum atomic E-state index is -2.17. The molecule has 2 amide bonds. The molecule has 9 nitrogen and oxygen atoms in total. The fraction of sp³-hybridized carbons (Fsp3) is 0.192. The van der Waals surface area contributed by atoms with Crippen molar-refractivity contribution in [2.24, 2.45) is 0 Å². The number of aromatic nitrogens is 1. The van der Waals surface area contributed by atoms with E-state index in [4.69, 9.17) is 14.3 Å². The Kier molecular flexibility index (Phi) is 9.60. The molecule has 0 fully saturated rings. The number of thiazole rings is 1. The maximum absolute atomic E-state index is 13.5. The smallest absolute Gasteiger partial charge is 0.407 e. The Labute approximate surface area is 230 Å². The Hall–Kier alpha value is -3.58. The highest BCUT2D eigenvalue weighted by Gasteiger charge is 2.26. The van der Waals surface area contributed by atoms with E-state index in [9.17, 15) is 13.8 Å². The van der Waals surface area contributed by atoms with Crippen molar-refractivity contribution in [1.29, 1.82) is 0 Å². The molecule has 2 heterocycles. The Balaban J connectivity index is 1.58. The van der Waals surface area contributed by atoms with Gasteiger partial charge in [0, 0.05) is 17.5 Å². The van der Waals surface area contributed by atoms with E-state index < -0.39 is 29.4 Å². The molecule has 0 aliphatic rings. The number of carbonyl (C=O) groups is 2. The zero-order valence-corrected chi connectivity index (χ0v) is 22.8. The van der Waals surface area contributed by atoms with Crippen molar-refractivity contribution in [1.82, 2.24) is 15.6 Å². The summed E-state index contributed by atoms with van der Waals surface area (Å²) in [6, 6.07) is 19.0. The van der Waals surface area contributed by atoms with E-state index in [1.807, 2.05) is 65.4 Å². The molecule has 4 rings (SSSR count). The van der Waals surface area contributed by atoms with Crippen LogP contribution in [0.1, 0.15) is 22.9 Å². The van der Waals surface area contributed by atoms with Crippen molar-refractivity contribution in [3.63, 3.8) is 0 Å². The molecule has 1 unspecified atom stereocenters. The molecule has 0 saturated heterocycles. The fourth-order valence-corrected chi connectivity index (χ4v) is 5.79. The van der Waals surface area contributed by atoms with E-state index in [0.717, 1.165) is 21.0 Å². The molecule has 2 aromatic heterocycles. The van der Waals surface area contributed by atoms with Gasteiger partial charge >= 0.3 is 6.09 Å². The third-order valence-corrected chi connectivity index (χ3v) is 7.91. The number of methoxy groups -OCH3 is 1. The summed E-state index contributed by atoms with van der Waals surface area (Å²) in [5, 5.41) is 10.5. The van der Waals surface area contributed by atoms with Crippen LogP contribution >= 0.6 is 22.7 Å². The molecule has 0 spiro atoms. The molecule has 2 aromatic carbocycles. The lowest BCUT2D eigenvalue weighted by atomic mass is 10.0. The minimum Gasteiger partial charge on any atom is -0.453 e. The zero-order valence-electron chi connectivity index (χ0n) is 20.3. The third kappa shape index (κ3) is 7.71. The van der Waals surface area contributed by atoms with Gasteiger partial charge in [0.05, 0.1) is 23.7 Å². The van der Waals surface area contributed by atoms with E-state index in [2.05, 4.69) is 15.4 Å². The van der Waals surface area contributed by atoms with Crippen molar-refractivity contribution >= 4 is 51.6 Å². The molecule has 3 atom stereocenters. The van der Waals surface area contributed by atoms with Gasteiger partial charge < -0.3 is 15.4 Å². The highest BCUT2D eigenvalue weighted by molar-refractivity contribution is 7.80. The average Bonchev–Trinajstić information content (AvgIpc) is 3.62. The number of rotatable bonds is 11. The van der Waals surface area contributed by atoms with Crippen LogP contribution in [0, 0.1) is 0 Å². The van der Waals surface area contributed by atoms with Gasteiger partial charge in [-0.25, -0.2) is 14.0 Å². The van der Waals surface area contributed by atoms with Crippen molar-refractivity contribution in [3.8, 4) is 9.88 Å². The predicted molar refractivity (Wildman–Crippen MR) is 150 cm³/mol. The van der Waals surface area contributed by atoms with E-state index in [-0.39, 0.29) is 12.3 Å². The summed E-state index contributed by atoms with van der Waals surface area (Å²) in [6.45, 7) is 0. The maximum Gasteiger partial charge on any atom is 0.407 e. The van der Waals surface area contributed by atoms with Gasteiger partial charge in [-0.05, 0) is 41.1 Å². The van der Waals surface area contributed by atoms with E-state index in [0.29, 0.717) is 17.8 Å². The summed E-state index contributed by atoms with van der Waals surface area (Å²) < 4.78 is 27.3. The van der Waals surface area contributed by atoms with Crippen LogP contribution in [-0.4, -0.2) is 38.9 Å². The first-order valence-corrected chi connectivity index (χ1v) is 14.4. The fourth-order valence-electron chi connectivity index (χ4n) is 3.77. The number of alkyl carbamates (subject to hydrolysis) is 1. The predicted octanol–water partition coefficient (Wildman–Crippen LogP) is 4.79.